The molecule has 1 radical (unpaired) electrons. The largest absolute Gasteiger partial charge is 0.481 e. The predicted octanol–water partition coefficient (Wildman–Crippen LogP) is 4.45. The molecule has 1 aromatic carbocycles. The van der Waals surface area contributed by atoms with Crippen LogP contribution in [0.4, 0.5) is 0 Å². The van der Waals surface area contributed by atoms with Gasteiger partial charge < -0.3 is 10.4 Å². The zero-order valence-electron chi connectivity index (χ0n) is 16.8. The molecule has 155 valence electrons. The molecule has 28 heavy (non-hydrogen) atoms. The Morgan fingerprint density at radius 3 is 2.04 bits per heavy atom. The Balaban J connectivity index is 1.85. The van der Waals surface area contributed by atoms with Crippen LogP contribution < -0.4 is 5.32 Å². The summed E-state index contributed by atoms with van der Waals surface area (Å²) in [6.45, 7) is 0.204. The Hall–Kier alpha value is -2.17. The van der Waals surface area contributed by atoms with E-state index in [9.17, 15) is 14.4 Å². The van der Waals surface area contributed by atoms with Crippen LogP contribution in [0.3, 0.4) is 0 Å². The molecular formula is C23H34NO4. The summed E-state index contributed by atoms with van der Waals surface area (Å²) in [5, 5.41) is 11.4. The molecule has 0 fully saturated rings. The molecule has 0 saturated heterocycles. The molecule has 0 heterocycles. The van der Waals surface area contributed by atoms with Crippen molar-refractivity contribution in [1.82, 2.24) is 5.32 Å². The first-order chi connectivity index (χ1) is 13.6. The summed E-state index contributed by atoms with van der Waals surface area (Å²) in [5.74, 6) is -2.42. The van der Waals surface area contributed by atoms with Crippen molar-refractivity contribution in [2.45, 2.75) is 77.0 Å². The normalized spacial score (nSPS) is 11.7. The molecule has 1 rings (SSSR count). The summed E-state index contributed by atoms with van der Waals surface area (Å²) < 4.78 is 0. The molecule has 0 aliphatic rings. The Morgan fingerprint density at radius 1 is 0.893 bits per heavy atom. The Labute approximate surface area is 168 Å². The van der Waals surface area contributed by atoms with E-state index in [1.807, 2.05) is 0 Å². The minimum atomic E-state index is -1.19. The zero-order valence-corrected chi connectivity index (χ0v) is 16.8. The van der Waals surface area contributed by atoms with Crippen LogP contribution in [-0.4, -0.2) is 29.8 Å². The fraction of sp³-hybridized carbons (Fsp3) is 0.609. The van der Waals surface area contributed by atoms with Gasteiger partial charge in [0.15, 0.2) is 0 Å². The average molecular weight is 389 g/mol. The third-order valence-electron chi connectivity index (χ3n) is 4.91. The zero-order chi connectivity index (χ0) is 20.5. The van der Waals surface area contributed by atoms with E-state index in [1.165, 1.54) is 56.8 Å². The molecule has 0 aliphatic heterocycles. The fourth-order valence-electron chi connectivity index (χ4n) is 3.17. The van der Waals surface area contributed by atoms with Crippen LogP contribution in [0.1, 0.15) is 76.2 Å². The molecule has 1 amide bonds. The molecule has 2 N–H and O–H groups in total. The number of aliphatic carboxylic acids is 1. The second kappa shape index (κ2) is 15.8. The molecule has 0 bridgehead atoms. The summed E-state index contributed by atoms with van der Waals surface area (Å²) in [6.07, 6.45) is 13.9. The van der Waals surface area contributed by atoms with Crippen molar-refractivity contribution in [3.63, 3.8) is 0 Å². The fourth-order valence-corrected chi connectivity index (χ4v) is 3.17. The van der Waals surface area contributed by atoms with Gasteiger partial charge in [0.05, 0.1) is 0 Å². The number of nitrogens with one attached hydrogen (secondary N) is 1. The van der Waals surface area contributed by atoms with Gasteiger partial charge in [-0.1, -0.05) is 75.3 Å². The van der Waals surface area contributed by atoms with Gasteiger partial charge in [-0.25, -0.2) is 0 Å². The average Bonchev–Trinajstić information content (AvgIpc) is 2.70. The van der Waals surface area contributed by atoms with E-state index in [-0.39, 0.29) is 18.9 Å². The van der Waals surface area contributed by atoms with Gasteiger partial charge in [-0.05, 0) is 31.2 Å². The molecule has 0 spiro atoms. The van der Waals surface area contributed by atoms with Gasteiger partial charge in [0.2, 0.25) is 12.2 Å². The maximum absolute atomic E-state index is 11.7. The number of carboxylic acids is 1. The summed E-state index contributed by atoms with van der Waals surface area (Å²) in [4.78, 5) is 32.8. The van der Waals surface area contributed by atoms with Gasteiger partial charge in [0, 0.05) is 13.0 Å². The van der Waals surface area contributed by atoms with Crippen molar-refractivity contribution in [1.29, 1.82) is 0 Å². The lowest BCUT2D eigenvalue weighted by atomic mass is 10.0. The van der Waals surface area contributed by atoms with Crippen LogP contribution in [0.25, 0.3) is 0 Å². The summed E-state index contributed by atoms with van der Waals surface area (Å²) >= 11 is 0. The quantitative estimate of drug-likeness (QED) is 0.305. The number of hydrogen-bond acceptors (Lipinski definition) is 3. The lowest BCUT2D eigenvalue weighted by Crippen LogP contribution is -2.28. The SMILES string of the molecule is O=[C]C(CCNC(=O)CCCCCCCCCCCc1ccccc1)C(=O)O. The Morgan fingerprint density at radius 2 is 1.46 bits per heavy atom. The van der Waals surface area contributed by atoms with Crippen molar-refractivity contribution in [3.05, 3.63) is 35.9 Å². The molecule has 1 unspecified atom stereocenters. The first kappa shape index (κ1) is 23.9. The second-order valence-electron chi connectivity index (χ2n) is 7.31. The van der Waals surface area contributed by atoms with Crippen molar-refractivity contribution >= 4 is 18.2 Å². The first-order valence-corrected chi connectivity index (χ1v) is 10.5. The lowest BCUT2D eigenvalue weighted by molar-refractivity contribution is -0.139. The number of unbranched alkanes of at least 4 members (excludes halogenated alkanes) is 8. The maximum atomic E-state index is 11.7. The van der Waals surface area contributed by atoms with Crippen LogP contribution in [0, 0.1) is 5.92 Å². The minimum Gasteiger partial charge on any atom is -0.481 e. The maximum Gasteiger partial charge on any atom is 0.314 e. The van der Waals surface area contributed by atoms with E-state index in [0.717, 1.165) is 19.3 Å². The highest BCUT2D eigenvalue weighted by Crippen LogP contribution is 2.12. The van der Waals surface area contributed by atoms with E-state index in [2.05, 4.69) is 35.6 Å². The van der Waals surface area contributed by atoms with Gasteiger partial charge >= 0.3 is 5.97 Å². The molecule has 1 atom stereocenters. The predicted molar refractivity (Wildman–Crippen MR) is 111 cm³/mol. The van der Waals surface area contributed by atoms with Gasteiger partial charge in [-0.3, -0.25) is 14.4 Å². The highest BCUT2D eigenvalue weighted by atomic mass is 16.4. The van der Waals surface area contributed by atoms with Gasteiger partial charge in [-0.15, -0.1) is 0 Å². The summed E-state index contributed by atoms with van der Waals surface area (Å²) in [6, 6.07) is 10.6. The van der Waals surface area contributed by atoms with Crippen LogP contribution in [0.5, 0.6) is 0 Å². The Kier molecular flexibility index (Phi) is 13.5. The van der Waals surface area contributed by atoms with Crippen molar-refractivity contribution < 1.29 is 19.5 Å². The number of carboxylic acid groups (broad SMARTS) is 1. The Bertz CT molecular complexity index is 559. The smallest absolute Gasteiger partial charge is 0.314 e. The van der Waals surface area contributed by atoms with E-state index in [0.29, 0.717) is 6.42 Å². The second-order valence-corrected chi connectivity index (χ2v) is 7.31. The topological polar surface area (TPSA) is 83.5 Å². The molecule has 0 aliphatic carbocycles. The molecule has 1 aromatic rings. The number of benzene rings is 1. The standard InChI is InChI=1S/C23H34NO4/c25-19-21(23(27)28)17-18-24-22(26)16-12-7-5-3-1-2-4-6-9-13-20-14-10-8-11-15-20/h8,10-11,14-15,21H,1-7,9,12-13,16-18H2,(H,24,26)(H,27,28). The number of rotatable bonds is 17. The molecule has 5 nitrogen and oxygen atoms in total. The van der Waals surface area contributed by atoms with Gasteiger partial charge in [0.25, 0.3) is 0 Å². The molecule has 0 aromatic heterocycles. The number of carbonyl (C=O) groups excluding carboxylic acids is 2. The number of amides is 1. The minimum absolute atomic E-state index is 0.0755. The van der Waals surface area contributed by atoms with Crippen LogP contribution in [0.2, 0.25) is 0 Å². The van der Waals surface area contributed by atoms with Crippen molar-refractivity contribution in [3.8, 4) is 0 Å². The summed E-state index contributed by atoms with van der Waals surface area (Å²) in [7, 11) is 0. The monoisotopic (exact) mass is 388 g/mol. The molecule has 5 heteroatoms. The van der Waals surface area contributed by atoms with Crippen LogP contribution in [-0.2, 0) is 20.8 Å². The highest BCUT2D eigenvalue weighted by Gasteiger charge is 2.16. The van der Waals surface area contributed by atoms with Crippen molar-refractivity contribution in [2.24, 2.45) is 5.92 Å². The van der Waals surface area contributed by atoms with Gasteiger partial charge in [-0.2, -0.15) is 0 Å². The molecule has 0 saturated carbocycles. The molecular weight excluding hydrogens is 354 g/mol. The van der Waals surface area contributed by atoms with Gasteiger partial charge in [0.1, 0.15) is 5.92 Å². The van der Waals surface area contributed by atoms with Crippen LogP contribution in [0.15, 0.2) is 30.3 Å². The van der Waals surface area contributed by atoms with Crippen LogP contribution >= 0.6 is 0 Å². The third kappa shape index (κ3) is 12.3. The van der Waals surface area contributed by atoms with E-state index >= 15 is 0 Å². The van der Waals surface area contributed by atoms with E-state index in [4.69, 9.17) is 5.11 Å². The van der Waals surface area contributed by atoms with Crippen molar-refractivity contribution in [2.75, 3.05) is 6.54 Å². The summed E-state index contributed by atoms with van der Waals surface area (Å²) in [5.41, 5.74) is 1.43. The number of carbonyl (C=O) groups is 2. The lowest BCUT2D eigenvalue weighted by Gasteiger charge is -2.07. The third-order valence-corrected chi connectivity index (χ3v) is 4.91. The van der Waals surface area contributed by atoms with E-state index < -0.39 is 11.9 Å². The number of aryl methyl sites for hydroxylation is 1. The first-order valence-electron chi connectivity index (χ1n) is 10.5. The number of hydrogen-bond donors (Lipinski definition) is 2. The van der Waals surface area contributed by atoms with E-state index in [1.54, 1.807) is 0 Å². The highest BCUT2D eigenvalue weighted by molar-refractivity contribution is 5.86.